The van der Waals surface area contributed by atoms with Gasteiger partial charge in [0, 0.05) is 25.3 Å². The summed E-state index contributed by atoms with van der Waals surface area (Å²) in [6.07, 6.45) is -2.42. The molecule has 0 aliphatic carbocycles. The molecular formula is C11H20F3N5. The Balaban J connectivity index is 2.33. The van der Waals surface area contributed by atoms with Gasteiger partial charge in [-0.2, -0.15) is 13.2 Å². The summed E-state index contributed by atoms with van der Waals surface area (Å²) in [5.74, 6) is 0. The molecule has 1 N–H and O–H groups in total. The molecule has 0 saturated carbocycles. The third-order valence-electron chi connectivity index (χ3n) is 2.44. The highest BCUT2D eigenvalue weighted by molar-refractivity contribution is 4.91. The lowest BCUT2D eigenvalue weighted by atomic mass is 10.3. The fraction of sp³-hybridized carbons (Fsp3) is 0.818. The van der Waals surface area contributed by atoms with Gasteiger partial charge < -0.3 is 5.32 Å². The van der Waals surface area contributed by atoms with Crippen LogP contribution in [0.2, 0.25) is 0 Å². The maximum atomic E-state index is 12.1. The van der Waals surface area contributed by atoms with Crippen LogP contribution in [0.15, 0.2) is 6.20 Å². The van der Waals surface area contributed by atoms with E-state index in [1.54, 1.807) is 10.9 Å². The predicted octanol–water partition coefficient (Wildman–Crippen LogP) is 1.27. The highest BCUT2D eigenvalue weighted by Gasteiger charge is 2.28. The molecule has 0 aliphatic rings. The number of rotatable bonds is 7. The van der Waals surface area contributed by atoms with E-state index >= 15 is 0 Å². The normalized spacial score (nSPS) is 12.6. The molecule has 0 unspecified atom stereocenters. The smallest absolute Gasteiger partial charge is 0.309 e. The fourth-order valence-electron chi connectivity index (χ4n) is 1.50. The molecular weight excluding hydrogens is 259 g/mol. The van der Waals surface area contributed by atoms with Gasteiger partial charge in [-0.1, -0.05) is 19.1 Å². The van der Waals surface area contributed by atoms with Gasteiger partial charge in [0.1, 0.15) is 0 Å². The van der Waals surface area contributed by atoms with E-state index in [4.69, 9.17) is 0 Å². The summed E-state index contributed by atoms with van der Waals surface area (Å²) >= 11 is 0. The molecule has 0 saturated heterocycles. The van der Waals surface area contributed by atoms with Crippen molar-refractivity contribution in [1.82, 2.24) is 25.2 Å². The van der Waals surface area contributed by atoms with Crippen LogP contribution in [0.4, 0.5) is 13.2 Å². The second kappa shape index (κ2) is 6.85. The van der Waals surface area contributed by atoms with E-state index in [1.807, 2.05) is 13.8 Å². The summed E-state index contributed by atoms with van der Waals surface area (Å²) in [6.45, 7) is 4.41. The summed E-state index contributed by atoms with van der Waals surface area (Å²) < 4.78 is 37.9. The lowest BCUT2D eigenvalue weighted by Gasteiger charge is -2.17. The van der Waals surface area contributed by atoms with Crippen molar-refractivity contribution in [2.45, 2.75) is 39.2 Å². The van der Waals surface area contributed by atoms with E-state index in [0.717, 1.165) is 5.69 Å². The first-order valence-corrected chi connectivity index (χ1v) is 6.14. The van der Waals surface area contributed by atoms with Crippen molar-refractivity contribution in [3.05, 3.63) is 11.9 Å². The summed E-state index contributed by atoms with van der Waals surface area (Å²) in [4.78, 5) is 1.22. The maximum absolute atomic E-state index is 12.1. The second-order valence-electron chi connectivity index (χ2n) is 4.86. The Morgan fingerprint density at radius 2 is 2.11 bits per heavy atom. The minimum atomic E-state index is -4.16. The number of nitrogens with one attached hydrogen (secondary N) is 1. The van der Waals surface area contributed by atoms with Gasteiger partial charge in [0.05, 0.1) is 18.8 Å². The van der Waals surface area contributed by atoms with E-state index in [1.165, 1.54) is 11.9 Å². The third kappa shape index (κ3) is 7.12. The maximum Gasteiger partial charge on any atom is 0.401 e. The van der Waals surface area contributed by atoms with Crippen molar-refractivity contribution < 1.29 is 13.2 Å². The van der Waals surface area contributed by atoms with Crippen LogP contribution in [0.5, 0.6) is 0 Å². The summed E-state index contributed by atoms with van der Waals surface area (Å²) in [7, 11) is 1.44. The number of nitrogens with zero attached hydrogens (tertiary/aromatic N) is 4. The number of hydrogen-bond acceptors (Lipinski definition) is 4. The molecule has 1 aromatic rings. The zero-order valence-corrected chi connectivity index (χ0v) is 11.4. The molecule has 110 valence electrons. The Bertz CT molecular complexity index is 375. The topological polar surface area (TPSA) is 46.0 Å². The lowest BCUT2D eigenvalue weighted by molar-refractivity contribution is -0.143. The first kappa shape index (κ1) is 15.9. The lowest BCUT2D eigenvalue weighted by Crippen LogP contribution is -2.33. The quantitative estimate of drug-likeness (QED) is 0.816. The van der Waals surface area contributed by atoms with Crippen molar-refractivity contribution in [3.63, 3.8) is 0 Å². The number of hydrogen-bond donors (Lipinski definition) is 1. The third-order valence-corrected chi connectivity index (χ3v) is 2.44. The molecule has 0 aliphatic heterocycles. The first-order valence-electron chi connectivity index (χ1n) is 6.14. The van der Waals surface area contributed by atoms with E-state index < -0.39 is 12.7 Å². The van der Waals surface area contributed by atoms with Gasteiger partial charge >= 0.3 is 6.18 Å². The zero-order valence-electron chi connectivity index (χ0n) is 11.4. The van der Waals surface area contributed by atoms with Crippen LogP contribution in [-0.2, 0) is 13.1 Å². The van der Waals surface area contributed by atoms with Crippen molar-refractivity contribution in [3.8, 4) is 0 Å². The molecule has 8 heteroatoms. The molecule has 19 heavy (non-hydrogen) atoms. The largest absolute Gasteiger partial charge is 0.401 e. The number of halogens is 3. The molecule has 1 heterocycles. The Labute approximate surface area is 110 Å². The minimum absolute atomic E-state index is 0.278. The summed E-state index contributed by atoms with van der Waals surface area (Å²) in [5.41, 5.74) is 0.784. The van der Waals surface area contributed by atoms with Gasteiger partial charge in [-0.3, -0.25) is 9.58 Å². The van der Waals surface area contributed by atoms with Gasteiger partial charge in [-0.15, -0.1) is 5.10 Å². The second-order valence-corrected chi connectivity index (χ2v) is 4.86. The zero-order chi connectivity index (χ0) is 14.5. The van der Waals surface area contributed by atoms with Crippen LogP contribution in [0, 0.1) is 0 Å². The van der Waals surface area contributed by atoms with Crippen LogP contribution in [0.1, 0.15) is 19.5 Å². The van der Waals surface area contributed by atoms with Gasteiger partial charge in [0.25, 0.3) is 0 Å². The number of alkyl halides is 3. The standard InChI is InChI=1S/C11H20F3N5/c1-9(2)15-6-10-7-19(17-16-10)5-4-18(3)8-11(12,13)14/h7,9,15H,4-6,8H2,1-3H3. The van der Waals surface area contributed by atoms with Crippen LogP contribution in [0.3, 0.4) is 0 Å². The molecule has 0 bridgehead atoms. The Morgan fingerprint density at radius 3 is 2.68 bits per heavy atom. The van der Waals surface area contributed by atoms with Crippen LogP contribution >= 0.6 is 0 Å². The molecule has 5 nitrogen and oxygen atoms in total. The molecule has 0 fully saturated rings. The van der Waals surface area contributed by atoms with E-state index in [9.17, 15) is 13.2 Å². The monoisotopic (exact) mass is 279 g/mol. The highest BCUT2D eigenvalue weighted by Crippen LogP contribution is 2.15. The van der Waals surface area contributed by atoms with Crippen LogP contribution in [0.25, 0.3) is 0 Å². The van der Waals surface area contributed by atoms with Crippen molar-refractivity contribution in [1.29, 1.82) is 0 Å². The molecule has 0 amide bonds. The fourth-order valence-corrected chi connectivity index (χ4v) is 1.50. The first-order chi connectivity index (χ1) is 8.76. The Kier molecular flexibility index (Phi) is 5.74. The van der Waals surface area contributed by atoms with Crippen molar-refractivity contribution in [2.24, 2.45) is 0 Å². The molecule has 0 spiro atoms. The molecule has 0 radical (unpaired) electrons. The average Bonchev–Trinajstić information content (AvgIpc) is 2.69. The molecule has 1 aromatic heterocycles. The summed E-state index contributed by atoms with van der Waals surface area (Å²) in [6, 6.07) is 0.350. The number of aromatic nitrogens is 3. The van der Waals surface area contributed by atoms with E-state index in [-0.39, 0.29) is 6.54 Å². The van der Waals surface area contributed by atoms with Gasteiger partial charge in [-0.05, 0) is 7.05 Å². The highest BCUT2D eigenvalue weighted by atomic mass is 19.4. The minimum Gasteiger partial charge on any atom is -0.309 e. The number of likely N-dealkylation sites (N-methyl/N-ethyl adjacent to an activating group) is 1. The molecule has 0 aromatic carbocycles. The van der Waals surface area contributed by atoms with E-state index in [2.05, 4.69) is 15.6 Å². The van der Waals surface area contributed by atoms with Crippen LogP contribution in [-0.4, -0.2) is 52.2 Å². The predicted molar refractivity (Wildman–Crippen MR) is 65.5 cm³/mol. The SMILES string of the molecule is CC(C)NCc1cn(CCN(C)CC(F)(F)F)nn1. The van der Waals surface area contributed by atoms with Crippen LogP contribution < -0.4 is 5.32 Å². The van der Waals surface area contributed by atoms with E-state index in [0.29, 0.717) is 19.1 Å². The van der Waals surface area contributed by atoms with Gasteiger partial charge in [0.15, 0.2) is 0 Å². The molecule has 0 atom stereocenters. The summed E-state index contributed by atoms with van der Waals surface area (Å²) in [5, 5.41) is 11.0. The average molecular weight is 279 g/mol. The Hall–Kier alpha value is -1.15. The molecule has 1 rings (SSSR count). The van der Waals surface area contributed by atoms with Crippen molar-refractivity contribution >= 4 is 0 Å². The van der Waals surface area contributed by atoms with Gasteiger partial charge in [0.2, 0.25) is 0 Å². The Morgan fingerprint density at radius 1 is 1.42 bits per heavy atom. The van der Waals surface area contributed by atoms with Crippen molar-refractivity contribution in [2.75, 3.05) is 20.1 Å². The van der Waals surface area contributed by atoms with Gasteiger partial charge in [-0.25, -0.2) is 0 Å².